The summed E-state index contributed by atoms with van der Waals surface area (Å²) in [6, 6.07) is 6.25. The van der Waals surface area contributed by atoms with Crippen molar-refractivity contribution in [1.29, 1.82) is 0 Å². The number of urea groups is 1. The Labute approximate surface area is 195 Å². The van der Waals surface area contributed by atoms with Crippen LogP contribution in [0.5, 0.6) is 0 Å². The van der Waals surface area contributed by atoms with E-state index in [2.05, 4.69) is 96.1 Å². The van der Waals surface area contributed by atoms with Crippen LogP contribution >= 0.6 is 22.6 Å². The maximum atomic E-state index is 12.8. The molecule has 3 rings (SSSR count). The van der Waals surface area contributed by atoms with E-state index < -0.39 is 0 Å². The van der Waals surface area contributed by atoms with Gasteiger partial charge in [-0.05, 0) is 75.0 Å². The summed E-state index contributed by atoms with van der Waals surface area (Å²) in [6.07, 6.45) is 12.6. The number of nitrogens with one attached hydrogen (secondary N) is 1. The summed E-state index contributed by atoms with van der Waals surface area (Å²) in [6.45, 7) is 10.7. The number of carbonyl (C=O) groups excluding carboxylic acids is 1. The molecule has 0 atom stereocenters. The minimum absolute atomic E-state index is 0.0198. The number of para-hydroxylation sites is 1. The highest BCUT2D eigenvalue weighted by atomic mass is 127. The molecule has 2 aliphatic rings. The number of benzene rings is 1. The molecule has 1 N–H and O–H groups in total. The molecule has 30 heavy (non-hydrogen) atoms. The molecule has 0 aromatic heterocycles. The van der Waals surface area contributed by atoms with Crippen molar-refractivity contribution in [2.24, 2.45) is 0 Å². The molecule has 1 fully saturated rings. The van der Waals surface area contributed by atoms with Crippen molar-refractivity contribution in [3.63, 3.8) is 0 Å². The van der Waals surface area contributed by atoms with E-state index in [-0.39, 0.29) is 6.03 Å². The summed E-state index contributed by atoms with van der Waals surface area (Å²) in [5.41, 5.74) is 4.71. The Morgan fingerprint density at radius 2 is 1.93 bits per heavy atom. The lowest BCUT2D eigenvalue weighted by Crippen LogP contribution is -2.50. The van der Waals surface area contributed by atoms with Gasteiger partial charge in [0.05, 0.1) is 0 Å². The Hall–Kier alpha value is -1.60. The van der Waals surface area contributed by atoms with Gasteiger partial charge in [-0.2, -0.15) is 0 Å². The molecule has 1 heterocycles. The van der Waals surface area contributed by atoms with E-state index in [1.54, 1.807) is 0 Å². The number of rotatable bonds is 5. The van der Waals surface area contributed by atoms with Crippen LogP contribution in [0.15, 0.2) is 51.7 Å². The number of amides is 2. The van der Waals surface area contributed by atoms with Crippen LogP contribution in [0.3, 0.4) is 0 Å². The summed E-state index contributed by atoms with van der Waals surface area (Å²) in [5.74, 6) is 0.381. The van der Waals surface area contributed by atoms with Crippen LogP contribution in [0, 0.1) is 6.92 Å². The standard InChI is InChI=1S/C25H34IN3O/c1-19(2)23-11-4-7-20(3)24(23)27-25(30)29-17-15-28(16-18-29)14-6-9-21-8-5-10-22(26)13-12-21/h4,6-7,9,11-13,19H,5,8,10,14-18H2,1-3H3,(H,27,30)/b9-6-. The largest absolute Gasteiger partial charge is 0.322 e. The fraction of sp³-hybridized carbons (Fsp3) is 0.480. The van der Waals surface area contributed by atoms with Gasteiger partial charge in [0.1, 0.15) is 0 Å². The number of allylic oxidation sites excluding steroid dienone is 5. The number of anilines is 1. The van der Waals surface area contributed by atoms with Gasteiger partial charge in [-0.15, -0.1) is 0 Å². The molecule has 1 aliphatic carbocycles. The normalized spacial score (nSPS) is 18.4. The van der Waals surface area contributed by atoms with E-state index in [1.165, 1.54) is 27.6 Å². The Morgan fingerprint density at radius 1 is 1.17 bits per heavy atom. The van der Waals surface area contributed by atoms with Crippen molar-refractivity contribution >= 4 is 34.3 Å². The van der Waals surface area contributed by atoms with Crippen LogP contribution in [0.4, 0.5) is 10.5 Å². The third-order valence-corrected chi connectivity index (χ3v) is 6.77. The molecule has 0 saturated carbocycles. The first-order valence-electron chi connectivity index (χ1n) is 11.0. The van der Waals surface area contributed by atoms with Gasteiger partial charge in [-0.25, -0.2) is 4.79 Å². The van der Waals surface area contributed by atoms with Crippen molar-refractivity contribution in [2.75, 3.05) is 38.0 Å². The number of piperazine rings is 1. The quantitative estimate of drug-likeness (QED) is 0.467. The number of aryl methyl sites for hydroxylation is 1. The molecular weight excluding hydrogens is 485 g/mol. The number of carbonyl (C=O) groups is 1. The van der Waals surface area contributed by atoms with Crippen molar-refractivity contribution in [3.8, 4) is 0 Å². The Bertz CT molecular complexity index is 833. The van der Waals surface area contributed by atoms with E-state index >= 15 is 0 Å². The van der Waals surface area contributed by atoms with Crippen LogP contribution in [-0.2, 0) is 0 Å². The van der Waals surface area contributed by atoms with Crippen molar-refractivity contribution in [3.05, 3.63) is 62.8 Å². The molecule has 2 amide bonds. The lowest BCUT2D eigenvalue weighted by Gasteiger charge is -2.34. The van der Waals surface area contributed by atoms with Crippen molar-refractivity contribution in [2.45, 2.75) is 46.0 Å². The predicted octanol–water partition coefficient (Wildman–Crippen LogP) is 6.25. The summed E-state index contributed by atoms with van der Waals surface area (Å²) in [4.78, 5) is 17.2. The molecule has 1 saturated heterocycles. The maximum absolute atomic E-state index is 12.8. The maximum Gasteiger partial charge on any atom is 0.321 e. The molecule has 0 radical (unpaired) electrons. The summed E-state index contributed by atoms with van der Waals surface area (Å²) in [7, 11) is 0. The minimum Gasteiger partial charge on any atom is -0.322 e. The molecular formula is C25H34IN3O. The van der Waals surface area contributed by atoms with E-state index in [0.29, 0.717) is 5.92 Å². The Balaban J connectivity index is 1.49. The average Bonchev–Trinajstić information content (AvgIpc) is 2.94. The third kappa shape index (κ3) is 6.45. The molecule has 1 aromatic carbocycles. The lowest BCUT2D eigenvalue weighted by atomic mass is 9.98. The van der Waals surface area contributed by atoms with Crippen LogP contribution in [0.25, 0.3) is 0 Å². The first kappa shape index (κ1) is 23.1. The van der Waals surface area contributed by atoms with E-state index in [0.717, 1.165) is 50.4 Å². The number of halogens is 1. The topological polar surface area (TPSA) is 35.6 Å². The highest BCUT2D eigenvalue weighted by molar-refractivity contribution is 14.1. The molecule has 162 valence electrons. The average molecular weight is 519 g/mol. The predicted molar refractivity (Wildman–Crippen MR) is 135 cm³/mol. The van der Waals surface area contributed by atoms with Gasteiger partial charge < -0.3 is 10.2 Å². The summed E-state index contributed by atoms with van der Waals surface area (Å²) in [5, 5.41) is 3.18. The monoisotopic (exact) mass is 519 g/mol. The lowest BCUT2D eigenvalue weighted by molar-refractivity contribution is 0.155. The third-order valence-electron chi connectivity index (χ3n) is 5.87. The zero-order valence-corrected chi connectivity index (χ0v) is 20.6. The van der Waals surface area contributed by atoms with Crippen LogP contribution < -0.4 is 5.32 Å². The van der Waals surface area contributed by atoms with Crippen molar-refractivity contribution in [1.82, 2.24) is 9.80 Å². The molecule has 0 unspecified atom stereocenters. The van der Waals surface area contributed by atoms with E-state index in [1.807, 2.05) is 4.90 Å². The highest BCUT2D eigenvalue weighted by Gasteiger charge is 2.22. The van der Waals surface area contributed by atoms with Gasteiger partial charge in [-0.1, -0.05) is 56.4 Å². The fourth-order valence-electron chi connectivity index (χ4n) is 3.98. The zero-order chi connectivity index (χ0) is 21.5. The molecule has 0 spiro atoms. The molecule has 5 heteroatoms. The van der Waals surface area contributed by atoms with Gasteiger partial charge >= 0.3 is 6.03 Å². The van der Waals surface area contributed by atoms with Crippen LogP contribution in [-0.4, -0.2) is 48.6 Å². The van der Waals surface area contributed by atoms with Crippen LogP contribution in [0.1, 0.15) is 50.2 Å². The Morgan fingerprint density at radius 3 is 2.67 bits per heavy atom. The SMILES string of the molecule is Cc1cccc(C(C)C)c1NC(=O)N1CCN(C/C=C\C2=CC=C(I)CCC2)CC1. The summed E-state index contributed by atoms with van der Waals surface area (Å²) >= 11 is 2.43. The second-order valence-corrected chi connectivity index (χ2v) is 9.91. The number of hydrogen-bond acceptors (Lipinski definition) is 2. The minimum atomic E-state index is 0.0198. The van der Waals surface area contributed by atoms with E-state index in [9.17, 15) is 4.79 Å². The Kier molecular flexibility index (Phi) is 8.57. The van der Waals surface area contributed by atoms with Gasteiger partial charge in [-0.3, -0.25) is 4.90 Å². The summed E-state index contributed by atoms with van der Waals surface area (Å²) < 4.78 is 1.44. The second kappa shape index (κ2) is 11.1. The van der Waals surface area contributed by atoms with E-state index in [4.69, 9.17) is 0 Å². The smallest absolute Gasteiger partial charge is 0.321 e. The fourth-order valence-corrected chi connectivity index (χ4v) is 4.54. The molecule has 1 aromatic rings. The molecule has 4 nitrogen and oxygen atoms in total. The second-order valence-electron chi connectivity index (χ2n) is 8.52. The number of hydrogen-bond donors (Lipinski definition) is 1. The molecule has 1 aliphatic heterocycles. The highest BCUT2D eigenvalue weighted by Crippen LogP contribution is 2.28. The van der Waals surface area contributed by atoms with Gasteiger partial charge in [0.2, 0.25) is 0 Å². The zero-order valence-electron chi connectivity index (χ0n) is 18.5. The number of nitrogens with zero attached hydrogens (tertiary/aromatic N) is 2. The first-order valence-corrected chi connectivity index (χ1v) is 12.1. The van der Waals surface area contributed by atoms with Gasteiger partial charge in [0, 0.05) is 38.4 Å². The van der Waals surface area contributed by atoms with Crippen LogP contribution in [0.2, 0.25) is 0 Å². The van der Waals surface area contributed by atoms with Gasteiger partial charge in [0.15, 0.2) is 0 Å². The van der Waals surface area contributed by atoms with Crippen molar-refractivity contribution < 1.29 is 4.79 Å². The first-order chi connectivity index (χ1) is 14.4. The van der Waals surface area contributed by atoms with Gasteiger partial charge in [0.25, 0.3) is 0 Å². The molecule has 0 bridgehead atoms.